The lowest BCUT2D eigenvalue weighted by molar-refractivity contribution is -0.870. The van der Waals surface area contributed by atoms with Crippen LogP contribution in [0.2, 0.25) is 0 Å². The van der Waals surface area contributed by atoms with E-state index >= 15 is 0 Å². The van der Waals surface area contributed by atoms with Crippen LogP contribution in [-0.2, 0) is 32.7 Å². The first-order valence-corrected chi connectivity index (χ1v) is 34.1. The number of quaternary nitrogens is 1. The van der Waals surface area contributed by atoms with Gasteiger partial charge in [0.15, 0.2) is 6.10 Å². The van der Waals surface area contributed by atoms with Gasteiger partial charge in [0.25, 0.3) is 7.82 Å². The van der Waals surface area contributed by atoms with Crippen LogP contribution in [0.15, 0.2) is 109 Å². The van der Waals surface area contributed by atoms with Crippen LogP contribution in [0.1, 0.15) is 271 Å². The molecule has 80 heavy (non-hydrogen) atoms. The highest BCUT2D eigenvalue weighted by molar-refractivity contribution is 7.45. The monoisotopic (exact) mass is 1140 g/mol. The second kappa shape index (κ2) is 60.3. The summed E-state index contributed by atoms with van der Waals surface area (Å²) in [4.78, 5) is 38.0. The topological polar surface area (TPSA) is 111 Å². The smallest absolute Gasteiger partial charge is 0.306 e. The number of esters is 2. The molecule has 0 aromatic heterocycles. The zero-order valence-corrected chi connectivity index (χ0v) is 53.1. The van der Waals surface area contributed by atoms with E-state index in [2.05, 4.69) is 123 Å². The highest BCUT2D eigenvalue weighted by Gasteiger charge is 2.22. The number of unbranched alkanes of at least 4 members (excludes halogenated alkanes) is 27. The molecule has 0 aliphatic heterocycles. The van der Waals surface area contributed by atoms with E-state index < -0.39 is 26.5 Å². The summed E-state index contributed by atoms with van der Waals surface area (Å²) in [6.45, 7) is 4.02. The fourth-order valence-corrected chi connectivity index (χ4v) is 9.58. The molecule has 0 aliphatic carbocycles. The third kappa shape index (κ3) is 63.8. The molecule has 0 N–H and O–H groups in total. The van der Waals surface area contributed by atoms with Gasteiger partial charge in [-0.15, -0.1) is 0 Å². The van der Waals surface area contributed by atoms with E-state index in [1.165, 1.54) is 135 Å². The second-order valence-corrected chi connectivity index (χ2v) is 24.1. The molecule has 10 heteroatoms. The normalized spacial score (nSPS) is 13.9. The minimum absolute atomic E-state index is 0.0359. The number of phosphoric acid groups is 1. The highest BCUT2D eigenvalue weighted by Crippen LogP contribution is 2.38. The number of carbonyl (C=O) groups excluding carboxylic acids is 2. The van der Waals surface area contributed by atoms with Crippen molar-refractivity contribution < 1.29 is 42.1 Å². The van der Waals surface area contributed by atoms with Gasteiger partial charge >= 0.3 is 11.9 Å². The van der Waals surface area contributed by atoms with Crippen molar-refractivity contribution in [2.24, 2.45) is 0 Å². The second-order valence-electron chi connectivity index (χ2n) is 22.7. The number of ether oxygens (including phenoxy) is 2. The summed E-state index contributed by atoms with van der Waals surface area (Å²) in [5.41, 5.74) is 0. The summed E-state index contributed by atoms with van der Waals surface area (Å²) in [7, 11) is 1.16. The van der Waals surface area contributed by atoms with Gasteiger partial charge in [-0.25, -0.2) is 0 Å². The van der Waals surface area contributed by atoms with Gasteiger partial charge in [-0.3, -0.25) is 14.2 Å². The van der Waals surface area contributed by atoms with Crippen LogP contribution in [0.5, 0.6) is 0 Å². The van der Waals surface area contributed by atoms with Crippen LogP contribution in [0.25, 0.3) is 0 Å². The molecule has 0 rings (SSSR count). The fourth-order valence-electron chi connectivity index (χ4n) is 8.85. The molecule has 0 spiro atoms. The molecule has 9 nitrogen and oxygen atoms in total. The summed E-state index contributed by atoms with van der Waals surface area (Å²) in [6, 6.07) is 0. The van der Waals surface area contributed by atoms with Crippen molar-refractivity contribution in [3.8, 4) is 0 Å². The number of hydrogen-bond donors (Lipinski definition) is 0. The minimum atomic E-state index is -4.65. The molecule has 0 amide bonds. The van der Waals surface area contributed by atoms with Gasteiger partial charge in [-0.2, -0.15) is 0 Å². The van der Waals surface area contributed by atoms with E-state index in [4.69, 9.17) is 18.5 Å². The molecule has 2 atom stereocenters. The predicted octanol–water partition coefficient (Wildman–Crippen LogP) is 20.3. The van der Waals surface area contributed by atoms with Crippen molar-refractivity contribution in [3.63, 3.8) is 0 Å². The Morgan fingerprint density at radius 1 is 0.388 bits per heavy atom. The van der Waals surface area contributed by atoms with Gasteiger partial charge in [0.1, 0.15) is 19.8 Å². The Hall–Kier alpha value is -3.33. The van der Waals surface area contributed by atoms with Gasteiger partial charge in [-0.1, -0.05) is 271 Å². The maximum Gasteiger partial charge on any atom is 0.306 e. The molecule has 460 valence electrons. The first-order valence-electron chi connectivity index (χ1n) is 32.6. The van der Waals surface area contributed by atoms with Gasteiger partial charge in [0.2, 0.25) is 0 Å². The van der Waals surface area contributed by atoms with Crippen molar-refractivity contribution >= 4 is 19.8 Å². The van der Waals surface area contributed by atoms with E-state index in [1.54, 1.807) is 0 Å². The van der Waals surface area contributed by atoms with Crippen molar-refractivity contribution in [2.45, 2.75) is 277 Å². The molecule has 0 saturated carbocycles. The van der Waals surface area contributed by atoms with Crippen molar-refractivity contribution in [1.82, 2.24) is 0 Å². The van der Waals surface area contributed by atoms with Crippen LogP contribution in [0.3, 0.4) is 0 Å². The maximum absolute atomic E-state index is 12.8. The summed E-state index contributed by atoms with van der Waals surface area (Å²) < 4.78 is 34.3. The van der Waals surface area contributed by atoms with Crippen LogP contribution < -0.4 is 4.89 Å². The Labute approximate surface area is 493 Å². The van der Waals surface area contributed by atoms with Gasteiger partial charge in [0, 0.05) is 12.8 Å². The van der Waals surface area contributed by atoms with Crippen molar-refractivity contribution in [2.75, 3.05) is 47.5 Å². The Morgan fingerprint density at radius 2 is 0.675 bits per heavy atom. The summed E-state index contributed by atoms with van der Waals surface area (Å²) in [5, 5.41) is 0. The zero-order chi connectivity index (χ0) is 58.4. The summed E-state index contributed by atoms with van der Waals surface area (Å²) >= 11 is 0. The number of hydrogen-bond acceptors (Lipinski definition) is 8. The molecule has 0 fully saturated rings. The predicted molar refractivity (Wildman–Crippen MR) is 342 cm³/mol. The standard InChI is InChI=1S/C70H122NO8P/c1-6-8-10-12-14-16-18-20-22-24-26-28-30-32-33-34-35-36-37-39-40-42-44-46-48-50-52-54-56-58-60-62-69(72)76-66-68(67-78-80(74,75)77-65-64-71(3,4)5)79-70(73)63-61-59-57-55-53-51-49-47-45-43-41-38-31-29-27-25-23-21-19-17-15-13-11-9-7-2/h8-11,14-17,20-23,26-29,38,41,68H,6-7,12-13,18-19,24-25,30-37,39-40,42-67H2,1-5H3/b10-8-,11-9-,16-14-,17-15-,22-20-,23-21-,28-26-,29-27-,41-38-. The molecule has 0 bridgehead atoms. The van der Waals surface area contributed by atoms with Gasteiger partial charge in [0.05, 0.1) is 27.7 Å². The number of phosphoric ester groups is 1. The molecular weight excluding hydrogens is 1010 g/mol. The lowest BCUT2D eigenvalue weighted by atomic mass is 10.0. The number of nitrogens with zero attached hydrogens (tertiary/aromatic N) is 1. The SMILES string of the molecule is CC/C=C\C/C=C\C/C=C\C/C=C\C/C=C\CCCCCCCCCCCC(=O)OC(COC(=O)CCCCCCCCCCCCCCCCCCCC/C=C\C/C=C\C/C=C\C/C=C\CC)COP(=O)([O-])OCC[N+](C)(C)C. The average molecular weight is 1140 g/mol. The summed E-state index contributed by atoms with van der Waals surface area (Å²) in [6.07, 6.45) is 84.4. The molecule has 0 saturated heterocycles. The molecule has 0 aromatic rings. The molecule has 0 radical (unpaired) electrons. The van der Waals surface area contributed by atoms with E-state index in [0.29, 0.717) is 17.4 Å². The molecular formula is C70H122NO8P. The number of allylic oxidation sites excluding steroid dienone is 18. The zero-order valence-electron chi connectivity index (χ0n) is 52.2. The number of rotatable bonds is 59. The third-order valence-corrected chi connectivity index (χ3v) is 14.8. The largest absolute Gasteiger partial charge is 0.756 e. The van der Waals surface area contributed by atoms with Crippen LogP contribution in [0.4, 0.5) is 0 Å². The fraction of sp³-hybridized carbons (Fsp3) is 0.714. The molecule has 2 unspecified atom stereocenters. The first-order chi connectivity index (χ1) is 39.0. The van der Waals surface area contributed by atoms with Crippen LogP contribution in [0, 0.1) is 0 Å². The van der Waals surface area contributed by atoms with Crippen LogP contribution >= 0.6 is 7.82 Å². The average Bonchev–Trinajstić information content (AvgIpc) is 3.42. The van der Waals surface area contributed by atoms with Crippen molar-refractivity contribution in [3.05, 3.63) is 109 Å². The van der Waals surface area contributed by atoms with Crippen LogP contribution in [-0.4, -0.2) is 70.0 Å². The van der Waals surface area contributed by atoms with Gasteiger partial charge < -0.3 is 27.9 Å². The number of likely N-dealkylation sites (N-methyl/N-ethyl adjacent to an activating group) is 1. The lowest BCUT2D eigenvalue weighted by Gasteiger charge is -2.28. The van der Waals surface area contributed by atoms with Crippen molar-refractivity contribution in [1.29, 1.82) is 0 Å². The molecule has 0 heterocycles. The third-order valence-electron chi connectivity index (χ3n) is 13.8. The minimum Gasteiger partial charge on any atom is -0.756 e. The Kier molecular flexibility index (Phi) is 57.8. The molecule has 0 aliphatic rings. The van der Waals surface area contributed by atoms with E-state index in [-0.39, 0.29) is 32.0 Å². The first kappa shape index (κ1) is 76.7. The van der Waals surface area contributed by atoms with E-state index in [1.807, 2.05) is 21.1 Å². The van der Waals surface area contributed by atoms with E-state index in [9.17, 15) is 19.0 Å². The molecule has 0 aromatic carbocycles. The summed E-state index contributed by atoms with van der Waals surface area (Å²) in [5.74, 6) is -0.837. The van der Waals surface area contributed by atoms with E-state index in [0.717, 1.165) is 103 Å². The Morgan fingerprint density at radius 3 is 1.00 bits per heavy atom. The Balaban J connectivity index is 4.09. The highest BCUT2D eigenvalue weighted by atomic mass is 31.2. The quantitative estimate of drug-likeness (QED) is 0.0195. The number of carbonyl (C=O) groups is 2. The Bertz CT molecular complexity index is 1720. The maximum atomic E-state index is 12.8. The lowest BCUT2D eigenvalue weighted by Crippen LogP contribution is -2.37. The van der Waals surface area contributed by atoms with Gasteiger partial charge in [-0.05, 0) is 96.3 Å².